The third-order valence-corrected chi connectivity index (χ3v) is 6.94. The molecule has 2 N–H and O–H groups in total. The first-order chi connectivity index (χ1) is 13.8. The number of ether oxygens (including phenoxy) is 2. The number of sulfonamides is 1. The van der Waals surface area contributed by atoms with E-state index in [0.29, 0.717) is 5.13 Å². The van der Waals surface area contributed by atoms with Crippen molar-refractivity contribution in [1.82, 2.24) is 14.6 Å². The smallest absolute Gasteiger partial charge is 0.257 e. The van der Waals surface area contributed by atoms with Gasteiger partial charge < -0.3 is 14.4 Å². The van der Waals surface area contributed by atoms with Crippen LogP contribution in [0.15, 0.2) is 23.1 Å². The Morgan fingerprint density at radius 1 is 1.34 bits per heavy atom. The lowest BCUT2D eigenvalue weighted by molar-refractivity contribution is 0.102. The number of hydrogen-bond acceptors (Lipinski definition) is 8. The number of aromatic nitrogens is 1. The first kappa shape index (κ1) is 21.7. The molecule has 0 aliphatic carbocycles. The lowest BCUT2D eigenvalue weighted by Gasteiger charge is -2.20. The molecule has 1 amide bonds. The maximum Gasteiger partial charge on any atom is 0.257 e. The van der Waals surface area contributed by atoms with E-state index in [9.17, 15) is 13.2 Å². The van der Waals surface area contributed by atoms with Crippen molar-refractivity contribution in [3.8, 4) is 5.75 Å². The van der Waals surface area contributed by atoms with E-state index in [1.54, 1.807) is 0 Å². The van der Waals surface area contributed by atoms with E-state index in [1.807, 2.05) is 7.05 Å². The number of fused-ring (bicyclic) bond motifs is 1. The maximum absolute atomic E-state index is 12.7. The fourth-order valence-electron chi connectivity index (χ4n) is 2.93. The van der Waals surface area contributed by atoms with E-state index in [1.165, 1.54) is 43.8 Å². The Labute approximate surface area is 174 Å². The van der Waals surface area contributed by atoms with Crippen LogP contribution >= 0.6 is 11.3 Å². The third-order valence-electron chi connectivity index (χ3n) is 4.46. The highest BCUT2D eigenvalue weighted by Gasteiger charge is 2.23. The zero-order chi connectivity index (χ0) is 21.0. The van der Waals surface area contributed by atoms with Gasteiger partial charge in [-0.3, -0.25) is 10.1 Å². The van der Waals surface area contributed by atoms with E-state index in [4.69, 9.17) is 9.47 Å². The molecule has 0 unspecified atom stereocenters. The number of thiazole rings is 1. The Kier molecular flexibility index (Phi) is 6.85. The maximum atomic E-state index is 12.7. The van der Waals surface area contributed by atoms with Crippen LogP contribution in [0.1, 0.15) is 20.9 Å². The number of benzene rings is 1. The topological polar surface area (TPSA) is 110 Å². The molecule has 1 aromatic heterocycles. The van der Waals surface area contributed by atoms with Crippen molar-refractivity contribution in [2.45, 2.75) is 17.9 Å². The molecule has 2 aromatic rings. The standard InChI is InChI=1S/C18H24N4O5S2/c1-22-8-6-13-15(11-22)28-18(20-13)21-17(23)12-4-5-14(27-3)16(10-12)29(24,25)19-7-9-26-2/h4-5,10,19H,6-9,11H2,1-3H3,(H,20,21,23). The van der Waals surface area contributed by atoms with Crippen molar-refractivity contribution in [2.75, 3.05) is 46.3 Å². The number of methoxy groups -OCH3 is 2. The Balaban J connectivity index is 1.81. The predicted molar refractivity (Wildman–Crippen MR) is 110 cm³/mol. The largest absolute Gasteiger partial charge is 0.495 e. The van der Waals surface area contributed by atoms with Crippen LogP contribution in [0.5, 0.6) is 5.75 Å². The molecule has 3 rings (SSSR count). The summed E-state index contributed by atoms with van der Waals surface area (Å²) in [6.07, 6.45) is 0.844. The number of likely N-dealkylation sites (N-methyl/N-ethyl adjacent to an activating group) is 1. The van der Waals surface area contributed by atoms with Gasteiger partial charge in [0.1, 0.15) is 10.6 Å². The Bertz CT molecular complexity index is 990. The molecule has 0 fully saturated rings. The minimum absolute atomic E-state index is 0.108. The number of carbonyl (C=O) groups excluding carboxylic acids is 1. The van der Waals surface area contributed by atoms with Crippen LogP contribution in [-0.2, 0) is 27.7 Å². The summed E-state index contributed by atoms with van der Waals surface area (Å²) in [4.78, 5) is 20.4. The molecule has 0 saturated carbocycles. The number of anilines is 1. The molecule has 1 aliphatic rings. The summed E-state index contributed by atoms with van der Waals surface area (Å²) in [7, 11) is 1.03. The van der Waals surface area contributed by atoms with Gasteiger partial charge in [-0.1, -0.05) is 0 Å². The minimum Gasteiger partial charge on any atom is -0.495 e. The van der Waals surface area contributed by atoms with Gasteiger partial charge in [0.25, 0.3) is 5.91 Å². The monoisotopic (exact) mass is 440 g/mol. The van der Waals surface area contributed by atoms with Gasteiger partial charge in [0.05, 0.1) is 19.4 Å². The average Bonchev–Trinajstić information content (AvgIpc) is 3.08. The fraction of sp³-hybridized carbons (Fsp3) is 0.444. The Morgan fingerprint density at radius 2 is 2.14 bits per heavy atom. The number of nitrogens with zero attached hydrogens (tertiary/aromatic N) is 2. The molecule has 0 spiro atoms. The minimum atomic E-state index is -3.87. The van der Waals surface area contributed by atoms with Crippen LogP contribution in [0.3, 0.4) is 0 Å². The summed E-state index contributed by atoms with van der Waals surface area (Å²) in [6.45, 7) is 2.07. The van der Waals surface area contributed by atoms with Gasteiger partial charge in [0.2, 0.25) is 10.0 Å². The second-order valence-corrected chi connectivity index (χ2v) is 9.41. The van der Waals surface area contributed by atoms with Gasteiger partial charge >= 0.3 is 0 Å². The first-order valence-electron chi connectivity index (χ1n) is 8.99. The normalized spacial score (nSPS) is 14.4. The van der Waals surface area contributed by atoms with Gasteiger partial charge in [-0.05, 0) is 25.2 Å². The van der Waals surface area contributed by atoms with Gasteiger partial charge in [-0.2, -0.15) is 0 Å². The van der Waals surface area contributed by atoms with Crippen LogP contribution in [0.4, 0.5) is 5.13 Å². The average molecular weight is 441 g/mol. The van der Waals surface area contributed by atoms with Crippen molar-refractivity contribution in [2.24, 2.45) is 0 Å². The summed E-state index contributed by atoms with van der Waals surface area (Å²) in [6, 6.07) is 4.27. The second kappa shape index (κ2) is 9.18. The quantitative estimate of drug-likeness (QED) is 0.596. The molecule has 0 atom stereocenters. The molecule has 1 aliphatic heterocycles. The highest BCUT2D eigenvalue weighted by molar-refractivity contribution is 7.89. The van der Waals surface area contributed by atoms with Crippen molar-refractivity contribution in [1.29, 1.82) is 0 Å². The summed E-state index contributed by atoms with van der Waals surface area (Å²) in [5.74, 6) is -0.278. The Hall–Kier alpha value is -2.05. The van der Waals surface area contributed by atoms with Crippen LogP contribution in [-0.4, -0.2) is 65.2 Å². The fourth-order valence-corrected chi connectivity index (χ4v) is 5.22. The third kappa shape index (κ3) is 5.11. The van der Waals surface area contributed by atoms with Gasteiger partial charge in [0, 0.05) is 43.6 Å². The highest BCUT2D eigenvalue weighted by atomic mass is 32.2. The van der Waals surface area contributed by atoms with Gasteiger partial charge in [-0.15, -0.1) is 11.3 Å². The zero-order valence-electron chi connectivity index (χ0n) is 16.5. The highest BCUT2D eigenvalue weighted by Crippen LogP contribution is 2.29. The number of rotatable bonds is 8. The van der Waals surface area contributed by atoms with E-state index in [2.05, 4.69) is 19.9 Å². The molecule has 0 bridgehead atoms. The molecule has 2 heterocycles. The van der Waals surface area contributed by atoms with Crippen LogP contribution in [0, 0.1) is 0 Å². The molecule has 11 heteroatoms. The summed E-state index contributed by atoms with van der Waals surface area (Å²) in [5.41, 5.74) is 1.20. The number of carbonyl (C=O) groups is 1. The van der Waals surface area contributed by atoms with Crippen molar-refractivity contribution in [3.05, 3.63) is 34.3 Å². The summed E-state index contributed by atoms with van der Waals surface area (Å²) >= 11 is 1.44. The second-order valence-electron chi connectivity index (χ2n) is 6.59. The molecule has 29 heavy (non-hydrogen) atoms. The molecule has 0 radical (unpaired) electrons. The molecular weight excluding hydrogens is 416 g/mol. The molecule has 9 nitrogen and oxygen atoms in total. The molecular formula is C18H24N4O5S2. The van der Waals surface area contributed by atoms with E-state index < -0.39 is 15.9 Å². The van der Waals surface area contributed by atoms with Gasteiger partial charge in [-0.25, -0.2) is 18.1 Å². The predicted octanol–water partition coefficient (Wildman–Crippen LogP) is 1.32. The van der Waals surface area contributed by atoms with Crippen molar-refractivity contribution < 1.29 is 22.7 Å². The number of hydrogen-bond donors (Lipinski definition) is 2. The van der Waals surface area contributed by atoms with E-state index >= 15 is 0 Å². The lowest BCUT2D eigenvalue weighted by Crippen LogP contribution is -2.28. The molecule has 158 valence electrons. The molecule has 1 aromatic carbocycles. The van der Waals surface area contributed by atoms with Crippen LogP contribution < -0.4 is 14.8 Å². The Morgan fingerprint density at radius 3 is 2.86 bits per heavy atom. The van der Waals surface area contributed by atoms with Crippen LogP contribution in [0.25, 0.3) is 0 Å². The summed E-state index contributed by atoms with van der Waals surface area (Å²) in [5, 5.41) is 3.28. The molecule has 0 saturated heterocycles. The SMILES string of the molecule is COCCNS(=O)(=O)c1cc(C(=O)Nc2nc3c(s2)CN(C)CC3)ccc1OC. The van der Waals surface area contributed by atoms with Crippen LogP contribution in [0.2, 0.25) is 0 Å². The number of nitrogens with one attached hydrogen (secondary N) is 2. The first-order valence-corrected chi connectivity index (χ1v) is 11.3. The van der Waals surface area contributed by atoms with Crippen molar-refractivity contribution in [3.63, 3.8) is 0 Å². The number of amides is 1. The van der Waals surface area contributed by atoms with Gasteiger partial charge in [0.15, 0.2) is 5.13 Å². The summed E-state index contributed by atoms with van der Waals surface area (Å²) < 4.78 is 37.6. The van der Waals surface area contributed by atoms with Crippen molar-refractivity contribution >= 4 is 32.4 Å². The zero-order valence-corrected chi connectivity index (χ0v) is 18.2. The lowest BCUT2D eigenvalue weighted by atomic mass is 10.2. The van der Waals surface area contributed by atoms with E-state index in [0.717, 1.165) is 30.1 Å². The van der Waals surface area contributed by atoms with E-state index in [-0.39, 0.29) is 29.4 Å².